The minimum Gasteiger partial charge on any atom is -0.511 e. The summed E-state index contributed by atoms with van der Waals surface area (Å²) in [6.45, 7) is 15.6. The molecule has 6 rings (SSSR count). The summed E-state index contributed by atoms with van der Waals surface area (Å²) in [4.78, 5) is 79.8. The number of ether oxygens (including phenoxy) is 2. The minimum atomic E-state index is -4.76. The number of aryl methyl sites for hydroxylation is 2. The number of hydrogen-bond donors (Lipinski definition) is 4. The van der Waals surface area contributed by atoms with E-state index >= 15 is 0 Å². The third kappa shape index (κ3) is 18.7. The summed E-state index contributed by atoms with van der Waals surface area (Å²) in [7, 11) is -2.77. The zero-order chi connectivity index (χ0) is 62.2. The van der Waals surface area contributed by atoms with Crippen molar-refractivity contribution in [2.75, 3.05) is 42.6 Å². The number of alkyl halides is 3. The van der Waals surface area contributed by atoms with Crippen LogP contribution in [0.1, 0.15) is 125 Å². The molecule has 3 unspecified atom stereocenters. The smallest absolute Gasteiger partial charge is 0.416 e. The summed E-state index contributed by atoms with van der Waals surface area (Å²) in [5.74, 6) is -1.76. The molecule has 3 heterocycles. The molecule has 29 heteroatoms. The summed E-state index contributed by atoms with van der Waals surface area (Å²) in [6.07, 6.45) is -0.450. The van der Waals surface area contributed by atoms with Crippen molar-refractivity contribution in [3.8, 4) is 0 Å². The van der Waals surface area contributed by atoms with Crippen molar-refractivity contribution in [2.45, 2.75) is 116 Å². The largest absolute Gasteiger partial charge is 0.511 e. The molecule has 450 valence electrons. The zero-order valence-electron chi connectivity index (χ0n) is 46.4. The van der Waals surface area contributed by atoms with E-state index in [9.17, 15) is 55.5 Å². The van der Waals surface area contributed by atoms with Crippen LogP contribution >= 0.6 is 58.2 Å². The average Bonchev–Trinajstić information content (AvgIpc) is 4.01. The number of anilines is 2. The maximum Gasteiger partial charge on any atom is 0.416 e. The molecule has 3 atom stereocenters. The number of oxime groups is 1. The van der Waals surface area contributed by atoms with Gasteiger partial charge in [0, 0.05) is 54.1 Å². The molecule has 20 nitrogen and oxygen atoms in total. The van der Waals surface area contributed by atoms with Crippen LogP contribution in [0.4, 0.5) is 24.5 Å². The van der Waals surface area contributed by atoms with E-state index in [1.165, 1.54) is 25.0 Å². The number of H-pyrrole nitrogens is 1. The molecule has 82 heavy (non-hydrogen) atoms. The fraction of sp³-hybridized carbons (Fsp3) is 0.453. The molecule has 1 aliphatic heterocycles. The summed E-state index contributed by atoms with van der Waals surface area (Å²) in [5.41, 5.74) is 3.00. The first-order valence-electron chi connectivity index (χ1n) is 25.2. The Labute approximate surface area is 496 Å². The number of halogens is 7. The molecular formula is C53H64Cl4F3N7O13S2. The number of carbonyl (C=O) groups excluding carboxylic acids is 4. The van der Waals surface area contributed by atoms with Crippen LogP contribution in [0.5, 0.6) is 0 Å². The highest BCUT2D eigenvalue weighted by Gasteiger charge is 2.49. The van der Waals surface area contributed by atoms with Gasteiger partial charge in [0.1, 0.15) is 28.8 Å². The van der Waals surface area contributed by atoms with E-state index in [2.05, 4.69) is 34.2 Å². The van der Waals surface area contributed by atoms with Gasteiger partial charge in [-0.15, -0.1) is 0 Å². The predicted octanol–water partition coefficient (Wildman–Crippen LogP) is 11.3. The standard InChI is InChI=1S/C17H29NO3S.C16H18Cl2N2O4.C14H13F3N2O4S.C6H4Cl2N2O2/c1-5-8-14(18-21-6-2)17-15(19)10-13(11-16(17)20)9-12(4)22-7-3;1-4-23-14(21)12-9-16(3,15(22)24-5-2)20(19-12)13-7-6-10(17)8-11(13)18;1-7-11(13(21)19(2)18-7)12(20)9-5-4-8(14(15,16)17)6-10(9)24(3,22)23;7-3-1-2(9)4(8)5(10-3)6(11)12/h12-13,19H,5-11H2,1-4H3;6-8H,4-5,9H2,1-3H3;4-6,18H,1-3H3;1H,(H2,9,10)(H,11,12)/b18-14+;;;. The summed E-state index contributed by atoms with van der Waals surface area (Å²) >= 11 is 25.1. The van der Waals surface area contributed by atoms with Gasteiger partial charge in [-0.2, -0.15) is 30.0 Å². The molecule has 0 radical (unpaired) electrons. The number of nitrogens with zero attached hydrogens (tertiary/aromatic N) is 5. The number of ketones is 2. The molecule has 2 aromatic heterocycles. The second-order valence-corrected chi connectivity index (χ2v) is 23.7. The van der Waals surface area contributed by atoms with E-state index in [0.717, 1.165) is 29.3 Å². The highest BCUT2D eigenvalue weighted by atomic mass is 35.5. The molecule has 1 aliphatic carbocycles. The van der Waals surface area contributed by atoms with E-state index in [1.54, 1.807) is 39.0 Å². The molecule has 0 saturated heterocycles. The normalized spacial score (nSPS) is 16.6. The van der Waals surface area contributed by atoms with Gasteiger partial charge in [0.2, 0.25) is 5.78 Å². The Kier molecular flexibility index (Phi) is 26.5. The number of carboxylic acid groups (broad SMARTS) is 1. The Morgan fingerprint density at radius 1 is 0.988 bits per heavy atom. The van der Waals surface area contributed by atoms with Gasteiger partial charge in [0.25, 0.3) is 5.56 Å². The number of aromatic nitrogens is 3. The highest BCUT2D eigenvalue weighted by Crippen LogP contribution is 2.40. The number of hydrazone groups is 1. The maximum absolute atomic E-state index is 12.8. The van der Waals surface area contributed by atoms with Crippen molar-refractivity contribution < 1.29 is 70.1 Å². The lowest BCUT2D eigenvalue weighted by Crippen LogP contribution is -2.48. The fourth-order valence-corrected chi connectivity index (χ4v) is 11.0. The summed E-state index contributed by atoms with van der Waals surface area (Å²) < 4.78 is 73.2. The number of carboxylic acids is 1. The SMILES string of the molecule is CCC/C(=N\OCC)C1=C(O)CC(CC(C)SCC)CC1=O.CCOC(=O)C1=NN(c2ccc(Cl)cc2Cl)C(C)(C(=O)OCC)C1.Cc1[nH]n(C)c(=O)c1C(=O)c1ccc(C(F)(F)F)cc1S(C)(=O)=O.Nc1cc(Cl)nc(C(=O)O)c1Cl. The van der Waals surface area contributed by atoms with Crippen LogP contribution in [0.2, 0.25) is 20.2 Å². The van der Waals surface area contributed by atoms with Crippen molar-refractivity contribution in [1.82, 2.24) is 14.8 Å². The Balaban J connectivity index is 0.000000294. The number of allylic oxidation sites excluding steroid dienone is 2. The molecular weight excluding hydrogens is 1210 g/mol. The Bertz CT molecular complexity index is 3280. The monoisotopic (exact) mass is 1270 g/mol. The fourth-order valence-electron chi connectivity index (χ4n) is 8.24. The van der Waals surface area contributed by atoms with Crippen molar-refractivity contribution in [3.05, 3.63) is 112 Å². The van der Waals surface area contributed by atoms with Gasteiger partial charge in [-0.25, -0.2) is 32.8 Å². The summed E-state index contributed by atoms with van der Waals surface area (Å²) in [6, 6.07) is 7.88. The number of nitrogens with one attached hydrogen (secondary N) is 1. The van der Waals surface area contributed by atoms with Crippen LogP contribution in [0.15, 0.2) is 73.7 Å². The molecule has 0 amide bonds. The van der Waals surface area contributed by atoms with Gasteiger partial charge in [-0.05, 0) is 102 Å². The van der Waals surface area contributed by atoms with Crippen molar-refractivity contribution in [2.24, 2.45) is 23.2 Å². The average molecular weight is 1270 g/mol. The van der Waals surface area contributed by atoms with Gasteiger partial charge in [0.15, 0.2) is 26.9 Å². The third-order valence-electron chi connectivity index (χ3n) is 11.8. The maximum atomic E-state index is 12.8. The number of nitrogen functional groups attached to an aromatic ring is 1. The predicted molar refractivity (Wildman–Crippen MR) is 311 cm³/mol. The van der Waals surface area contributed by atoms with E-state index in [0.29, 0.717) is 76.5 Å². The number of aliphatic hydroxyl groups excluding tert-OH is 1. The molecule has 0 saturated carbocycles. The molecule has 2 aliphatic rings. The number of esters is 2. The third-order valence-corrected chi connectivity index (χ3v) is 15.2. The number of sulfone groups is 1. The van der Waals surface area contributed by atoms with E-state index in [4.69, 9.17) is 71.6 Å². The minimum absolute atomic E-state index is 0.00861. The first-order chi connectivity index (χ1) is 38.2. The lowest BCUT2D eigenvalue weighted by molar-refractivity contribution is -0.148. The molecule has 5 N–H and O–H groups in total. The second-order valence-electron chi connectivity index (χ2n) is 18.4. The van der Waals surface area contributed by atoms with Crippen LogP contribution < -0.4 is 16.3 Å². The van der Waals surface area contributed by atoms with Crippen molar-refractivity contribution in [3.63, 3.8) is 0 Å². The first-order valence-corrected chi connectivity index (χ1v) is 29.7. The number of hydrogen-bond acceptors (Lipinski definition) is 18. The van der Waals surface area contributed by atoms with Crippen LogP contribution in [-0.2, 0) is 51.8 Å². The van der Waals surface area contributed by atoms with Crippen molar-refractivity contribution >= 4 is 120 Å². The van der Waals surface area contributed by atoms with Gasteiger partial charge >= 0.3 is 24.1 Å². The number of aromatic amines is 1. The number of nitrogens with two attached hydrogens (primary N) is 1. The summed E-state index contributed by atoms with van der Waals surface area (Å²) in [5, 5.41) is 32.4. The number of benzene rings is 2. The number of pyridine rings is 1. The van der Waals surface area contributed by atoms with E-state index in [-0.39, 0.29) is 75.6 Å². The number of thioether (sulfide) groups is 1. The Morgan fingerprint density at radius 3 is 2.15 bits per heavy atom. The van der Waals surface area contributed by atoms with E-state index in [1.807, 2.05) is 25.6 Å². The van der Waals surface area contributed by atoms with Crippen LogP contribution in [0.25, 0.3) is 0 Å². The Hall–Kier alpha value is -6.12. The van der Waals surface area contributed by atoms with Gasteiger partial charge in [-0.3, -0.25) is 24.2 Å². The second kappa shape index (κ2) is 31.0. The van der Waals surface area contributed by atoms with E-state index < -0.39 is 66.8 Å². The number of rotatable bonds is 18. The van der Waals surface area contributed by atoms with Crippen LogP contribution in [0, 0.1) is 12.8 Å². The lowest BCUT2D eigenvalue weighted by atomic mass is 9.82. The van der Waals surface area contributed by atoms with Gasteiger partial charge in [0.05, 0.1) is 56.4 Å². The van der Waals surface area contributed by atoms with Gasteiger partial charge < -0.3 is 30.3 Å². The number of Topliss-reactive ketones (excluding diaryl/α,β-unsaturated/α-hetero) is 1. The Morgan fingerprint density at radius 2 is 1.63 bits per heavy atom. The lowest BCUT2D eigenvalue weighted by Gasteiger charge is -2.32. The highest BCUT2D eigenvalue weighted by molar-refractivity contribution is 7.99. The number of carbonyl (C=O) groups is 5. The number of aromatic carboxylic acids is 1. The molecule has 2 aromatic carbocycles. The van der Waals surface area contributed by atoms with Crippen LogP contribution in [0.3, 0.4) is 0 Å². The molecule has 0 fully saturated rings. The zero-order valence-corrected chi connectivity index (χ0v) is 51.1. The number of aliphatic hydroxyl groups is 1. The topological polar surface area (TPSA) is 292 Å². The van der Waals surface area contributed by atoms with Crippen molar-refractivity contribution in [1.29, 1.82) is 0 Å². The molecule has 0 spiro atoms. The molecule has 0 bridgehead atoms. The van der Waals surface area contributed by atoms with Gasteiger partial charge in [-0.1, -0.05) is 78.8 Å². The molecule has 4 aromatic rings. The van der Waals surface area contributed by atoms with Crippen LogP contribution in [-0.4, -0.2) is 117 Å². The quantitative estimate of drug-likeness (QED) is 0.0237. The first kappa shape index (κ1) is 70.1.